The molecule has 1 rings (SSSR count). The number of rotatable bonds is 3. The quantitative estimate of drug-likeness (QED) is 0.553. The smallest absolute Gasteiger partial charge is 0.172 e. The minimum atomic E-state index is 0.100. The summed E-state index contributed by atoms with van der Waals surface area (Å²) < 4.78 is 5.56. The van der Waals surface area contributed by atoms with Crippen molar-refractivity contribution in [1.82, 2.24) is 5.43 Å². The van der Waals surface area contributed by atoms with Crippen molar-refractivity contribution in [3.05, 3.63) is 22.2 Å². The van der Waals surface area contributed by atoms with Crippen LogP contribution in [0.4, 0.5) is 0 Å². The molecule has 4 nitrogen and oxygen atoms in total. The van der Waals surface area contributed by atoms with Crippen molar-refractivity contribution in [3.8, 4) is 11.5 Å². The van der Waals surface area contributed by atoms with E-state index in [2.05, 4.69) is 21.4 Å². The van der Waals surface area contributed by atoms with Crippen LogP contribution in [0.3, 0.4) is 0 Å². The summed E-state index contributed by atoms with van der Waals surface area (Å²) in [6, 6.07) is 3.50. The molecule has 0 aromatic heterocycles. The van der Waals surface area contributed by atoms with Crippen LogP contribution in [0.5, 0.6) is 11.5 Å². The van der Waals surface area contributed by atoms with Crippen LogP contribution in [-0.2, 0) is 6.54 Å². The molecule has 0 heterocycles. The van der Waals surface area contributed by atoms with Crippen LogP contribution < -0.4 is 16.0 Å². The van der Waals surface area contributed by atoms with E-state index in [-0.39, 0.29) is 5.75 Å². The molecule has 0 aliphatic heterocycles. The molecule has 0 radical (unpaired) electrons. The van der Waals surface area contributed by atoms with Gasteiger partial charge >= 0.3 is 0 Å². The number of nitrogens with two attached hydrogens (primary N) is 1. The highest BCUT2D eigenvalue weighted by molar-refractivity contribution is 9.10. The normalized spacial score (nSPS) is 10.1. The van der Waals surface area contributed by atoms with Crippen LogP contribution in [0, 0.1) is 0 Å². The van der Waals surface area contributed by atoms with Crippen molar-refractivity contribution in [2.24, 2.45) is 5.84 Å². The van der Waals surface area contributed by atoms with E-state index in [1.54, 1.807) is 12.1 Å². The van der Waals surface area contributed by atoms with E-state index in [1.807, 2.05) is 0 Å². The molecule has 13 heavy (non-hydrogen) atoms. The van der Waals surface area contributed by atoms with Crippen molar-refractivity contribution in [2.45, 2.75) is 6.54 Å². The van der Waals surface area contributed by atoms with Gasteiger partial charge in [-0.05, 0) is 33.6 Å². The van der Waals surface area contributed by atoms with Gasteiger partial charge in [-0.3, -0.25) is 11.3 Å². The molecule has 0 saturated heterocycles. The zero-order chi connectivity index (χ0) is 9.84. The Morgan fingerprint density at radius 2 is 2.31 bits per heavy atom. The Balaban J connectivity index is 3.06. The van der Waals surface area contributed by atoms with Gasteiger partial charge in [0.15, 0.2) is 11.5 Å². The number of hydrazine groups is 1. The Morgan fingerprint density at radius 3 is 2.85 bits per heavy atom. The van der Waals surface area contributed by atoms with Crippen molar-refractivity contribution in [2.75, 3.05) is 7.11 Å². The third-order valence-electron chi connectivity index (χ3n) is 1.61. The van der Waals surface area contributed by atoms with Gasteiger partial charge in [-0.2, -0.15) is 0 Å². The van der Waals surface area contributed by atoms with Crippen LogP contribution in [0.25, 0.3) is 0 Å². The largest absolute Gasteiger partial charge is 0.503 e. The predicted octanol–water partition coefficient (Wildman–Crippen LogP) is 1.13. The number of benzene rings is 1. The molecule has 0 amide bonds. The highest BCUT2D eigenvalue weighted by Gasteiger charge is 2.07. The van der Waals surface area contributed by atoms with Crippen LogP contribution in [0.15, 0.2) is 16.6 Å². The maximum atomic E-state index is 9.47. The SMILES string of the molecule is COc1cc(CNN)cc(Br)c1O. The van der Waals surface area contributed by atoms with E-state index < -0.39 is 0 Å². The third-order valence-corrected chi connectivity index (χ3v) is 2.22. The van der Waals surface area contributed by atoms with Gasteiger partial charge in [0.25, 0.3) is 0 Å². The second-order valence-electron chi connectivity index (χ2n) is 2.51. The van der Waals surface area contributed by atoms with Crippen molar-refractivity contribution < 1.29 is 9.84 Å². The Kier molecular flexibility index (Phi) is 3.53. The lowest BCUT2D eigenvalue weighted by molar-refractivity contribution is 0.371. The Hall–Kier alpha value is -0.780. The van der Waals surface area contributed by atoms with Gasteiger partial charge in [0.05, 0.1) is 11.6 Å². The maximum Gasteiger partial charge on any atom is 0.172 e. The molecule has 0 aliphatic rings. The second-order valence-corrected chi connectivity index (χ2v) is 3.36. The van der Waals surface area contributed by atoms with Crippen LogP contribution in [-0.4, -0.2) is 12.2 Å². The summed E-state index contributed by atoms with van der Waals surface area (Å²) in [7, 11) is 1.50. The van der Waals surface area contributed by atoms with E-state index >= 15 is 0 Å². The minimum absolute atomic E-state index is 0.100. The third kappa shape index (κ3) is 2.33. The maximum absolute atomic E-state index is 9.47. The molecule has 1 aromatic rings. The van der Waals surface area contributed by atoms with Gasteiger partial charge < -0.3 is 9.84 Å². The van der Waals surface area contributed by atoms with Crippen LogP contribution in [0.1, 0.15) is 5.56 Å². The molecule has 0 unspecified atom stereocenters. The first-order chi connectivity index (χ1) is 6.19. The summed E-state index contributed by atoms with van der Waals surface area (Å²) in [4.78, 5) is 0. The minimum Gasteiger partial charge on any atom is -0.503 e. The lowest BCUT2D eigenvalue weighted by atomic mass is 10.2. The summed E-state index contributed by atoms with van der Waals surface area (Å²) in [5.41, 5.74) is 3.46. The van der Waals surface area contributed by atoms with E-state index in [1.165, 1.54) is 7.11 Å². The van der Waals surface area contributed by atoms with Crippen molar-refractivity contribution in [1.29, 1.82) is 0 Å². The standard InChI is InChI=1S/C8H11BrN2O2/c1-13-7-3-5(4-11-10)2-6(9)8(7)12/h2-3,11-12H,4,10H2,1H3. The first-order valence-electron chi connectivity index (χ1n) is 3.68. The number of aromatic hydroxyl groups is 1. The molecule has 0 bridgehead atoms. The Morgan fingerprint density at radius 1 is 1.62 bits per heavy atom. The molecule has 0 fully saturated rings. The summed E-state index contributed by atoms with van der Waals surface area (Å²) in [6.07, 6.45) is 0. The molecule has 0 atom stereocenters. The van der Waals surface area contributed by atoms with E-state index in [4.69, 9.17) is 10.6 Å². The molecule has 0 saturated carbocycles. The van der Waals surface area contributed by atoms with Gasteiger partial charge in [0.2, 0.25) is 0 Å². The number of hydrogen-bond acceptors (Lipinski definition) is 4. The van der Waals surface area contributed by atoms with Gasteiger partial charge in [-0.25, -0.2) is 0 Å². The molecule has 0 spiro atoms. The fraction of sp³-hybridized carbons (Fsp3) is 0.250. The summed E-state index contributed by atoms with van der Waals surface area (Å²) in [5, 5.41) is 9.47. The van der Waals surface area contributed by atoms with Crippen LogP contribution in [0.2, 0.25) is 0 Å². The summed E-state index contributed by atoms with van der Waals surface area (Å²) >= 11 is 3.21. The van der Waals surface area contributed by atoms with Gasteiger partial charge in [-0.15, -0.1) is 0 Å². The molecule has 4 N–H and O–H groups in total. The van der Waals surface area contributed by atoms with Crippen molar-refractivity contribution in [3.63, 3.8) is 0 Å². The molecule has 5 heteroatoms. The highest BCUT2D eigenvalue weighted by Crippen LogP contribution is 2.34. The monoisotopic (exact) mass is 246 g/mol. The zero-order valence-corrected chi connectivity index (χ0v) is 8.76. The topological polar surface area (TPSA) is 67.5 Å². The Labute approximate surface area is 84.8 Å². The van der Waals surface area contributed by atoms with Gasteiger partial charge in [0, 0.05) is 6.54 Å². The van der Waals surface area contributed by atoms with Gasteiger partial charge in [0.1, 0.15) is 0 Å². The number of phenols is 1. The highest BCUT2D eigenvalue weighted by atomic mass is 79.9. The van der Waals surface area contributed by atoms with E-state index in [0.717, 1.165) is 5.56 Å². The summed E-state index contributed by atoms with van der Waals surface area (Å²) in [6.45, 7) is 0.523. The lowest BCUT2D eigenvalue weighted by Crippen LogP contribution is -2.20. The molecule has 1 aromatic carbocycles. The number of phenolic OH excluding ortho intramolecular Hbond substituents is 1. The number of halogens is 1. The van der Waals surface area contributed by atoms with Crippen LogP contribution >= 0.6 is 15.9 Å². The molecular weight excluding hydrogens is 236 g/mol. The number of ether oxygens (including phenoxy) is 1. The zero-order valence-electron chi connectivity index (χ0n) is 7.17. The summed E-state index contributed by atoms with van der Waals surface area (Å²) in [5.74, 6) is 5.70. The molecular formula is C8H11BrN2O2. The average Bonchev–Trinajstić information content (AvgIpc) is 2.11. The van der Waals surface area contributed by atoms with E-state index in [0.29, 0.717) is 16.8 Å². The van der Waals surface area contributed by atoms with E-state index in [9.17, 15) is 5.11 Å². The predicted molar refractivity (Wildman–Crippen MR) is 53.4 cm³/mol. The Bertz CT molecular complexity index is 304. The fourth-order valence-corrected chi connectivity index (χ4v) is 1.49. The second kappa shape index (κ2) is 4.45. The average molecular weight is 247 g/mol. The number of nitrogens with one attached hydrogen (secondary N) is 1. The fourth-order valence-electron chi connectivity index (χ4n) is 1.00. The number of methoxy groups -OCH3 is 1. The van der Waals surface area contributed by atoms with Gasteiger partial charge in [-0.1, -0.05) is 0 Å². The first-order valence-corrected chi connectivity index (χ1v) is 4.47. The van der Waals surface area contributed by atoms with Crippen molar-refractivity contribution >= 4 is 15.9 Å². The molecule has 72 valence electrons. The lowest BCUT2D eigenvalue weighted by Gasteiger charge is -2.08. The molecule has 0 aliphatic carbocycles. The first kappa shape index (κ1) is 10.3. The number of hydrogen-bond donors (Lipinski definition) is 3.